The van der Waals surface area contributed by atoms with Gasteiger partial charge in [-0.2, -0.15) is 0 Å². The number of nitrogens with zero attached hydrogens (tertiary/aromatic N) is 2. The third-order valence-electron chi connectivity index (χ3n) is 7.90. The minimum Gasteiger partial charge on any atom is -0.457 e. The SMILES string of the molecule is CNC(=O)C(Cc1ccccc1)N(Cc1c(Cl)cccc1Cl)C(=O)CN(c1ccc(Oc2ccccc2)cc1)S(=O)(=O)c1ccc(C)cc1. The maximum absolute atomic E-state index is 14.6. The Labute approximate surface area is 296 Å². The zero-order valence-corrected chi connectivity index (χ0v) is 29.3. The second kappa shape index (κ2) is 16.0. The number of carbonyl (C=O) groups is 2. The minimum absolute atomic E-state index is 0.00310. The lowest BCUT2D eigenvalue weighted by Gasteiger charge is -2.34. The minimum atomic E-state index is -4.28. The van der Waals surface area contributed by atoms with E-state index in [9.17, 15) is 18.0 Å². The highest BCUT2D eigenvalue weighted by Gasteiger charge is 2.35. The quantitative estimate of drug-likeness (QED) is 0.135. The van der Waals surface area contributed by atoms with E-state index < -0.39 is 34.4 Å². The Balaban J connectivity index is 1.57. The van der Waals surface area contributed by atoms with E-state index in [4.69, 9.17) is 27.9 Å². The van der Waals surface area contributed by atoms with Gasteiger partial charge >= 0.3 is 0 Å². The second-order valence-electron chi connectivity index (χ2n) is 11.3. The molecule has 1 atom stereocenters. The number of nitrogens with one attached hydrogen (secondary N) is 1. The van der Waals surface area contributed by atoms with Gasteiger partial charge in [-0.1, -0.05) is 95.5 Å². The fourth-order valence-electron chi connectivity index (χ4n) is 5.25. The molecular formula is C38H35Cl2N3O5S. The smallest absolute Gasteiger partial charge is 0.264 e. The summed E-state index contributed by atoms with van der Waals surface area (Å²) in [5, 5.41) is 3.27. The number of benzene rings is 5. The Morgan fingerprint density at radius 2 is 1.33 bits per heavy atom. The molecule has 0 fully saturated rings. The Hall–Kier alpha value is -4.83. The molecule has 0 bridgehead atoms. The van der Waals surface area contributed by atoms with Crippen LogP contribution in [0.5, 0.6) is 11.5 Å². The molecule has 2 amide bonds. The van der Waals surface area contributed by atoms with E-state index in [1.807, 2.05) is 55.5 Å². The molecule has 11 heteroatoms. The van der Waals surface area contributed by atoms with E-state index in [1.165, 1.54) is 24.1 Å². The molecule has 0 radical (unpaired) electrons. The molecule has 1 unspecified atom stereocenters. The fourth-order valence-corrected chi connectivity index (χ4v) is 7.18. The number of hydrogen-bond acceptors (Lipinski definition) is 5. The number of hydrogen-bond donors (Lipinski definition) is 1. The molecule has 8 nitrogen and oxygen atoms in total. The molecule has 0 aliphatic heterocycles. The molecule has 0 aromatic heterocycles. The molecule has 49 heavy (non-hydrogen) atoms. The van der Waals surface area contributed by atoms with Crippen LogP contribution in [-0.4, -0.2) is 44.8 Å². The van der Waals surface area contributed by atoms with Gasteiger partial charge in [-0.3, -0.25) is 13.9 Å². The van der Waals surface area contributed by atoms with Crippen molar-refractivity contribution in [1.82, 2.24) is 10.2 Å². The number of ether oxygens (including phenoxy) is 1. The highest BCUT2D eigenvalue weighted by atomic mass is 35.5. The van der Waals surface area contributed by atoms with Gasteiger partial charge < -0.3 is 15.0 Å². The van der Waals surface area contributed by atoms with E-state index in [2.05, 4.69) is 5.32 Å². The molecule has 1 N–H and O–H groups in total. The number of aryl methyl sites for hydroxylation is 1. The molecule has 0 aliphatic carbocycles. The van der Waals surface area contributed by atoms with Gasteiger partial charge in [0, 0.05) is 35.6 Å². The van der Waals surface area contributed by atoms with E-state index in [1.54, 1.807) is 66.7 Å². The Morgan fingerprint density at radius 3 is 1.92 bits per heavy atom. The molecule has 0 saturated carbocycles. The van der Waals surface area contributed by atoms with E-state index >= 15 is 0 Å². The Bertz CT molecular complexity index is 1970. The van der Waals surface area contributed by atoms with Crippen LogP contribution in [-0.2, 0) is 32.6 Å². The van der Waals surface area contributed by atoms with E-state index in [0.29, 0.717) is 27.1 Å². The van der Waals surface area contributed by atoms with Crippen molar-refractivity contribution in [3.63, 3.8) is 0 Å². The van der Waals surface area contributed by atoms with Gasteiger partial charge in [-0.05, 0) is 73.2 Å². The largest absolute Gasteiger partial charge is 0.457 e. The number of carbonyl (C=O) groups excluding carboxylic acids is 2. The molecule has 0 heterocycles. The fraction of sp³-hybridized carbons (Fsp3) is 0.158. The second-order valence-corrected chi connectivity index (χ2v) is 14.0. The Morgan fingerprint density at radius 1 is 0.755 bits per heavy atom. The summed E-state index contributed by atoms with van der Waals surface area (Å²) in [6.07, 6.45) is 0.157. The van der Waals surface area contributed by atoms with Crippen molar-refractivity contribution in [3.8, 4) is 11.5 Å². The van der Waals surface area contributed by atoms with Gasteiger partial charge in [0.2, 0.25) is 11.8 Å². The van der Waals surface area contributed by atoms with Gasteiger partial charge in [0.1, 0.15) is 24.1 Å². The van der Waals surface area contributed by atoms with Crippen molar-refractivity contribution in [3.05, 3.63) is 154 Å². The molecule has 0 saturated heterocycles. The predicted molar refractivity (Wildman–Crippen MR) is 194 cm³/mol. The van der Waals surface area contributed by atoms with Gasteiger partial charge in [-0.25, -0.2) is 8.42 Å². The summed E-state index contributed by atoms with van der Waals surface area (Å²) in [5.74, 6) is 0.0186. The van der Waals surface area contributed by atoms with Crippen LogP contribution in [0, 0.1) is 6.92 Å². The summed E-state index contributed by atoms with van der Waals surface area (Å²) in [6.45, 7) is 1.08. The maximum Gasteiger partial charge on any atom is 0.264 e. The van der Waals surface area contributed by atoms with Crippen LogP contribution in [0.3, 0.4) is 0 Å². The molecule has 252 valence electrons. The molecule has 5 aromatic rings. The molecule has 0 aliphatic rings. The van der Waals surface area contributed by atoms with Crippen molar-refractivity contribution in [2.45, 2.75) is 30.8 Å². The topological polar surface area (TPSA) is 96.0 Å². The summed E-state index contributed by atoms with van der Waals surface area (Å²) in [6, 6.07) is 35.2. The lowest BCUT2D eigenvalue weighted by molar-refractivity contribution is -0.139. The number of amides is 2. The average Bonchev–Trinajstić information content (AvgIpc) is 3.11. The Kier molecular flexibility index (Phi) is 11.6. The van der Waals surface area contributed by atoms with Gasteiger partial charge in [-0.15, -0.1) is 0 Å². The summed E-state index contributed by atoms with van der Waals surface area (Å²) < 4.78 is 35.6. The van der Waals surface area contributed by atoms with Crippen LogP contribution in [0.4, 0.5) is 5.69 Å². The third-order valence-corrected chi connectivity index (χ3v) is 10.4. The van der Waals surface area contributed by atoms with Crippen LogP contribution in [0.25, 0.3) is 0 Å². The first-order valence-corrected chi connectivity index (χ1v) is 17.7. The van der Waals surface area contributed by atoms with E-state index in [0.717, 1.165) is 15.4 Å². The molecule has 5 aromatic carbocycles. The lowest BCUT2D eigenvalue weighted by Crippen LogP contribution is -2.53. The lowest BCUT2D eigenvalue weighted by atomic mass is 10.0. The average molecular weight is 717 g/mol. The van der Waals surface area contributed by atoms with Crippen LogP contribution in [0.2, 0.25) is 10.0 Å². The van der Waals surface area contributed by atoms with Gasteiger partial charge in [0.25, 0.3) is 10.0 Å². The highest BCUT2D eigenvalue weighted by molar-refractivity contribution is 7.92. The zero-order chi connectivity index (χ0) is 35.0. The number of anilines is 1. The third kappa shape index (κ3) is 8.80. The van der Waals surface area contributed by atoms with E-state index in [-0.39, 0.29) is 23.5 Å². The summed E-state index contributed by atoms with van der Waals surface area (Å²) in [5.41, 5.74) is 2.33. The van der Waals surface area contributed by atoms with Crippen LogP contribution in [0.1, 0.15) is 16.7 Å². The van der Waals surface area contributed by atoms with Gasteiger partial charge in [0.05, 0.1) is 10.6 Å². The monoisotopic (exact) mass is 715 g/mol. The number of sulfonamides is 1. The van der Waals surface area contributed by atoms with Crippen molar-refractivity contribution in [2.24, 2.45) is 0 Å². The van der Waals surface area contributed by atoms with Crippen molar-refractivity contribution >= 4 is 50.7 Å². The predicted octanol–water partition coefficient (Wildman–Crippen LogP) is 7.68. The summed E-state index contributed by atoms with van der Waals surface area (Å²) in [4.78, 5) is 29.4. The standard InChI is InChI=1S/C38H35Cl2N3O5S/c1-27-16-22-32(23-17-27)49(46,47)43(29-18-20-31(21-19-29)48-30-12-7-4-8-13-30)26-37(44)42(25-33-34(39)14-9-15-35(33)40)36(38(45)41-2)24-28-10-5-3-6-11-28/h3-23,36H,24-26H2,1-2H3,(H,41,45). The van der Waals surface area contributed by atoms with Crippen molar-refractivity contribution < 1.29 is 22.7 Å². The summed E-state index contributed by atoms with van der Waals surface area (Å²) in [7, 11) is -2.79. The first-order chi connectivity index (χ1) is 23.6. The molecule has 5 rings (SSSR count). The number of para-hydroxylation sites is 1. The highest BCUT2D eigenvalue weighted by Crippen LogP contribution is 2.31. The first kappa shape index (κ1) is 35.5. The number of halogens is 2. The first-order valence-electron chi connectivity index (χ1n) is 15.5. The molecular weight excluding hydrogens is 681 g/mol. The molecule has 0 spiro atoms. The zero-order valence-electron chi connectivity index (χ0n) is 26.9. The normalized spacial score (nSPS) is 11.8. The van der Waals surface area contributed by atoms with Crippen LogP contribution >= 0.6 is 23.2 Å². The van der Waals surface area contributed by atoms with Crippen molar-refractivity contribution in [1.29, 1.82) is 0 Å². The number of likely N-dealkylation sites (N-methyl/N-ethyl adjacent to an activating group) is 1. The van der Waals surface area contributed by atoms with Crippen LogP contribution in [0.15, 0.2) is 132 Å². The summed E-state index contributed by atoms with van der Waals surface area (Å²) >= 11 is 13.1. The van der Waals surface area contributed by atoms with Crippen LogP contribution < -0.4 is 14.4 Å². The number of rotatable bonds is 13. The van der Waals surface area contributed by atoms with Crippen molar-refractivity contribution in [2.75, 3.05) is 17.9 Å². The van der Waals surface area contributed by atoms with Gasteiger partial charge in [0.15, 0.2) is 0 Å². The maximum atomic E-state index is 14.6.